The molecule has 1 fully saturated rings. The standard InChI is InChI=1S/C29H34N4/c1-2-18-17-33-14-12-23-21-8-4-6-10-25(21)32-29(23)27(33)16-19(18)15-26-28-22(11-13-30-26)20-7-3-5-9-24(20)31-28/h3-10,18-19,26-27,30-32H,2,11-17H2,1H3/t18-,19+,26-,27-/m1/s1. The van der Waals surface area contributed by atoms with Crippen LogP contribution >= 0.6 is 0 Å². The van der Waals surface area contributed by atoms with Crippen molar-refractivity contribution in [2.24, 2.45) is 11.8 Å². The van der Waals surface area contributed by atoms with Crippen LogP contribution in [0.4, 0.5) is 0 Å². The third-order valence-corrected chi connectivity index (χ3v) is 8.96. The number of nitrogens with zero attached hydrogens (tertiary/aromatic N) is 1. The molecule has 0 radical (unpaired) electrons. The number of hydrogen-bond acceptors (Lipinski definition) is 2. The maximum Gasteiger partial charge on any atom is 0.0504 e. The normalized spacial score (nSPS) is 27.4. The molecule has 4 nitrogen and oxygen atoms in total. The smallest absolute Gasteiger partial charge is 0.0504 e. The number of para-hydroxylation sites is 2. The van der Waals surface area contributed by atoms with Gasteiger partial charge in [0.05, 0.1) is 6.04 Å². The summed E-state index contributed by atoms with van der Waals surface area (Å²) in [5.74, 6) is 1.52. The molecule has 5 heterocycles. The predicted molar refractivity (Wildman–Crippen MR) is 136 cm³/mol. The van der Waals surface area contributed by atoms with E-state index in [9.17, 15) is 0 Å². The first kappa shape index (κ1) is 19.9. The Morgan fingerprint density at radius 2 is 1.55 bits per heavy atom. The van der Waals surface area contributed by atoms with Gasteiger partial charge in [-0.3, -0.25) is 4.90 Å². The van der Waals surface area contributed by atoms with Gasteiger partial charge in [0.15, 0.2) is 0 Å². The van der Waals surface area contributed by atoms with Crippen molar-refractivity contribution in [2.45, 2.75) is 51.1 Å². The van der Waals surface area contributed by atoms with Gasteiger partial charge in [-0.25, -0.2) is 0 Å². The molecule has 33 heavy (non-hydrogen) atoms. The molecule has 0 aliphatic carbocycles. The van der Waals surface area contributed by atoms with Crippen molar-refractivity contribution in [3.8, 4) is 0 Å². The Morgan fingerprint density at radius 1 is 0.848 bits per heavy atom. The van der Waals surface area contributed by atoms with Crippen LogP contribution in [-0.4, -0.2) is 34.5 Å². The van der Waals surface area contributed by atoms with Crippen LogP contribution in [0.5, 0.6) is 0 Å². The number of rotatable bonds is 3. The van der Waals surface area contributed by atoms with E-state index >= 15 is 0 Å². The third-order valence-electron chi connectivity index (χ3n) is 8.96. The number of fused-ring (bicyclic) bond motifs is 8. The molecule has 0 unspecified atom stereocenters. The summed E-state index contributed by atoms with van der Waals surface area (Å²) in [6.07, 6.45) is 6.09. The largest absolute Gasteiger partial charge is 0.357 e. The van der Waals surface area contributed by atoms with Crippen LogP contribution in [-0.2, 0) is 12.8 Å². The number of aromatic nitrogens is 2. The second-order valence-electron chi connectivity index (χ2n) is 10.5. The van der Waals surface area contributed by atoms with Crippen molar-refractivity contribution in [1.29, 1.82) is 0 Å². The first-order valence-electron chi connectivity index (χ1n) is 13.0. The van der Waals surface area contributed by atoms with Crippen LogP contribution in [0.3, 0.4) is 0 Å². The molecule has 2 aromatic heterocycles. The minimum Gasteiger partial charge on any atom is -0.357 e. The Labute approximate surface area is 195 Å². The van der Waals surface area contributed by atoms with Crippen molar-refractivity contribution >= 4 is 21.8 Å². The van der Waals surface area contributed by atoms with Crippen molar-refractivity contribution in [2.75, 3.05) is 19.6 Å². The van der Waals surface area contributed by atoms with Gasteiger partial charge in [-0.15, -0.1) is 0 Å². The highest BCUT2D eigenvalue weighted by molar-refractivity contribution is 5.86. The lowest BCUT2D eigenvalue weighted by atomic mass is 9.74. The van der Waals surface area contributed by atoms with Crippen molar-refractivity contribution < 1.29 is 0 Å². The fourth-order valence-electron chi connectivity index (χ4n) is 7.30. The first-order valence-corrected chi connectivity index (χ1v) is 13.0. The Hall–Kier alpha value is -2.56. The van der Waals surface area contributed by atoms with Gasteiger partial charge >= 0.3 is 0 Å². The molecular formula is C29H34N4. The molecule has 0 amide bonds. The van der Waals surface area contributed by atoms with Gasteiger partial charge in [0.1, 0.15) is 0 Å². The summed E-state index contributed by atoms with van der Waals surface area (Å²) in [4.78, 5) is 10.4. The molecule has 7 rings (SSSR count). The average molecular weight is 439 g/mol. The SMILES string of the molecule is CC[C@@H]1CN2CCc3c([nH]c4ccccc34)[C@H]2C[C@@H]1C[C@H]1NCCc2c1[nH]c1ccccc21. The van der Waals surface area contributed by atoms with E-state index in [1.54, 1.807) is 11.1 Å². The van der Waals surface area contributed by atoms with E-state index in [0.717, 1.165) is 24.8 Å². The Balaban J connectivity index is 1.21. The van der Waals surface area contributed by atoms with Crippen molar-refractivity contribution in [1.82, 2.24) is 20.2 Å². The zero-order valence-corrected chi connectivity index (χ0v) is 19.5. The fourth-order valence-corrected chi connectivity index (χ4v) is 7.30. The summed E-state index contributed by atoms with van der Waals surface area (Å²) in [7, 11) is 0. The van der Waals surface area contributed by atoms with Crippen molar-refractivity contribution in [3.63, 3.8) is 0 Å². The summed E-state index contributed by atoms with van der Waals surface area (Å²) in [5.41, 5.74) is 8.70. The summed E-state index contributed by atoms with van der Waals surface area (Å²) in [5, 5.41) is 6.76. The minimum atomic E-state index is 0.442. The Bertz CT molecular complexity index is 1310. The molecule has 4 heteroatoms. The molecule has 4 aromatic rings. The Kier molecular flexibility index (Phi) is 4.66. The van der Waals surface area contributed by atoms with Gasteiger partial charge in [0, 0.05) is 52.3 Å². The van der Waals surface area contributed by atoms with Gasteiger partial charge < -0.3 is 15.3 Å². The van der Waals surface area contributed by atoms with E-state index in [2.05, 4.69) is 75.6 Å². The molecule has 0 spiro atoms. The lowest BCUT2D eigenvalue weighted by Crippen LogP contribution is -2.46. The Morgan fingerprint density at radius 3 is 2.30 bits per heavy atom. The summed E-state index contributed by atoms with van der Waals surface area (Å²) in [6, 6.07) is 18.7. The zero-order valence-electron chi connectivity index (χ0n) is 19.5. The molecule has 0 bridgehead atoms. The summed E-state index contributed by atoms with van der Waals surface area (Å²) < 4.78 is 0. The van der Waals surface area contributed by atoms with Crippen LogP contribution in [0.2, 0.25) is 0 Å². The molecule has 0 saturated carbocycles. The van der Waals surface area contributed by atoms with Gasteiger partial charge in [0.2, 0.25) is 0 Å². The minimum absolute atomic E-state index is 0.442. The van der Waals surface area contributed by atoms with Crippen LogP contribution in [0, 0.1) is 11.8 Å². The molecule has 4 atom stereocenters. The fraction of sp³-hybridized carbons (Fsp3) is 0.448. The molecule has 170 valence electrons. The maximum absolute atomic E-state index is 3.89. The van der Waals surface area contributed by atoms with Gasteiger partial charge in [0.25, 0.3) is 0 Å². The number of piperidine rings is 1. The molecule has 3 N–H and O–H groups in total. The predicted octanol–water partition coefficient (Wildman–Crippen LogP) is 5.87. The lowest BCUT2D eigenvalue weighted by Gasteiger charge is -2.47. The van der Waals surface area contributed by atoms with Gasteiger partial charge in [-0.1, -0.05) is 49.7 Å². The molecule has 1 saturated heterocycles. The highest BCUT2D eigenvalue weighted by Crippen LogP contribution is 2.46. The first-order chi connectivity index (χ1) is 16.3. The second-order valence-corrected chi connectivity index (χ2v) is 10.5. The number of nitrogens with one attached hydrogen (secondary N) is 3. The van der Waals surface area contributed by atoms with E-state index in [0.29, 0.717) is 12.1 Å². The van der Waals surface area contributed by atoms with Crippen LogP contribution in [0.1, 0.15) is 60.8 Å². The zero-order chi connectivity index (χ0) is 21.9. The van der Waals surface area contributed by atoms with E-state index in [1.807, 2.05) is 0 Å². The average Bonchev–Trinajstić information content (AvgIpc) is 3.43. The highest BCUT2D eigenvalue weighted by Gasteiger charge is 2.41. The second kappa shape index (κ2) is 7.75. The number of benzene rings is 2. The summed E-state index contributed by atoms with van der Waals surface area (Å²) in [6.45, 7) is 5.94. The van der Waals surface area contributed by atoms with Gasteiger partial charge in [-0.05, 0) is 67.3 Å². The number of hydrogen-bond donors (Lipinski definition) is 3. The molecule has 2 aromatic carbocycles. The lowest BCUT2D eigenvalue weighted by molar-refractivity contribution is 0.0419. The van der Waals surface area contributed by atoms with Crippen LogP contribution < -0.4 is 5.32 Å². The molecule has 3 aliphatic heterocycles. The van der Waals surface area contributed by atoms with Crippen LogP contribution in [0.25, 0.3) is 21.8 Å². The van der Waals surface area contributed by atoms with Gasteiger partial charge in [-0.2, -0.15) is 0 Å². The van der Waals surface area contributed by atoms with Crippen LogP contribution in [0.15, 0.2) is 48.5 Å². The number of aromatic amines is 2. The monoisotopic (exact) mass is 438 g/mol. The topological polar surface area (TPSA) is 46.9 Å². The molecule has 3 aliphatic rings. The highest BCUT2D eigenvalue weighted by atomic mass is 15.2. The quantitative estimate of drug-likeness (QED) is 0.374. The van der Waals surface area contributed by atoms with E-state index < -0.39 is 0 Å². The third kappa shape index (κ3) is 3.11. The van der Waals surface area contributed by atoms with E-state index in [1.165, 1.54) is 72.0 Å². The summed E-state index contributed by atoms with van der Waals surface area (Å²) >= 11 is 0. The van der Waals surface area contributed by atoms with Crippen molar-refractivity contribution in [3.05, 3.63) is 71.0 Å². The maximum atomic E-state index is 3.89. The number of H-pyrrole nitrogens is 2. The van der Waals surface area contributed by atoms with E-state index in [-0.39, 0.29) is 0 Å². The molecular weight excluding hydrogens is 404 g/mol. The van der Waals surface area contributed by atoms with E-state index in [4.69, 9.17) is 0 Å².